The van der Waals surface area contributed by atoms with E-state index in [-0.39, 0.29) is 0 Å². The molecule has 2 rings (SSSR count). The van der Waals surface area contributed by atoms with Crippen LogP contribution in [-0.2, 0) is 6.54 Å². The fraction of sp³-hybridized carbons (Fsp3) is 0.231. The molecule has 0 fully saturated rings. The number of nitrogens with zero attached hydrogens (tertiary/aromatic N) is 3. The molecule has 4 nitrogen and oxygen atoms in total. The molecular formula is C13H13BrClN3O. The molecule has 0 bridgehead atoms. The van der Waals surface area contributed by atoms with Crippen LogP contribution in [0.1, 0.15) is 5.56 Å². The Labute approximate surface area is 125 Å². The van der Waals surface area contributed by atoms with Gasteiger partial charge in [-0.1, -0.05) is 29.8 Å². The van der Waals surface area contributed by atoms with Crippen molar-refractivity contribution < 1.29 is 4.74 Å². The van der Waals surface area contributed by atoms with E-state index in [9.17, 15) is 0 Å². The van der Waals surface area contributed by atoms with Gasteiger partial charge in [0.1, 0.15) is 23.0 Å². The molecule has 2 aromatic rings. The lowest BCUT2D eigenvalue weighted by Crippen LogP contribution is -2.19. The van der Waals surface area contributed by atoms with Crippen LogP contribution in [0.4, 0.5) is 5.82 Å². The molecule has 1 aromatic carbocycles. The topological polar surface area (TPSA) is 38.2 Å². The van der Waals surface area contributed by atoms with Gasteiger partial charge in [0.25, 0.3) is 0 Å². The Morgan fingerprint density at radius 1 is 1.32 bits per heavy atom. The highest BCUT2D eigenvalue weighted by Gasteiger charge is 2.13. The molecule has 0 amide bonds. The maximum atomic E-state index is 5.97. The molecule has 6 heteroatoms. The highest BCUT2D eigenvalue weighted by molar-refractivity contribution is 9.10. The summed E-state index contributed by atoms with van der Waals surface area (Å²) in [5.41, 5.74) is 1.08. The van der Waals surface area contributed by atoms with Crippen LogP contribution >= 0.6 is 27.5 Å². The van der Waals surface area contributed by atoms with Gasteiger partial charge in [-0.3, -0.25) is 0 Å². The van der Waals surface area contributed by atoms with Gasteiger partial charge in [0, 0.05) is 19.2 Å². The summed E-state index contributed by atoms with van der Waals surface area (Å²) in [5.74, 6) is 1.59. The van der Waals surface area contributed by atoms with Crippen molar-refractivity contribution >= 4 is 33.3 Å². The second-order valence-electron chi connectivity index (χ2n) is 3.97. The van der Waals surface area contributed by atoms with Crippen molar-refractivity contribution in [3.63, 3.8) is 0 Å². The van der Waals surface area contributed by atoms with E-state index in [1.807, 2.05) is 36.2 Å². The third kappa shape index (κ3) is 3.16. The number of halogens is 2. The molecule has 0 aliphatic rings. The Kier molecular flexibility index (Phi) is 4.61. The van der Waals surface area contributed by atoms with Crippen LogP contribution in [0, 0.1) is 0 Å². The second kappa shape index (κ2) is 6.21. The van der Waals surface area contributed by atoms with Crippen molar-refractivity contribution in [1.29, 1.82) is 0 Å². The van der Waals surface area contributed by atoms with Crippen molar-refractivity contribution in [2.45, 2.75) is 6.54 Å². The fourth-order valence-corrected chi connectivity index (χ4v) is 2.41. The van der Waals surface area contributed by atoms with Gasteiger partial charge in [-0.15, -0.1) is 0 Å². The smallest absolute Gasteiger partial charge is 0.148 e. The van der Waals surface area contributed by atoms with Crippen LogP contribution in [0.25, 0.3) is 0 Å². The summed E-state index contributed by atoms with van der Waals surface area (Å²) in [6.07, 6.45) is 1.45. The summed E-state index contributed by atoms with van der Waals surface area (Å²) in [7, 11) is 3.60. The van der Waals surface area contributed by atoms with Crippen LogP contribution in [0.5, 0.6) is 5.75 Å². The molecule has 0 saturated heterocycles. The molecule has 0 radical (unpaired) electrons. The van der Waals surface area contributed by atoms with Gasteiger partial charge in [-0.05, 0) is 22.0 Å². The largest absolute Gasteiger partial charge is 0.496 e. The normalized spacial score (nSPS) is 10.3. The Hall–Kier alpha value is -1.33. The summed E-state index contributed by atoms with van der Waals surface area (Å²) in [6.45, 7) is 0.663. The van der Waals surface area contributed by atoms with Crippen LogP contribution in [0.15, 0.2) is 35.1 Å². The van der Waals surface area contributed by atoms with E-state index in [0.29, 0.717) is 16.2 Å². The Morgan fingerprint density at radius 2 is 2.05 bits per heavy atom. The molecule has 0 saturated carbocycles. The third-order valence-electron chi connectivity index (χ3n) is 2.69. The summed E-state index contributed by atoms with van der Waals surface area (Å²) >= 11 is 9.37. The number of para-hydroxylation sites is 1. The fourth-order valence-electron chi connectivity index (χ4n) is 1.77. The zero-order chi connectivity index (χ0) is 13.8. The maximum Gasteiger partial charge on any atom is 0.148 e. The van der Waals surface area contributed by atoms with Crippen LogP contribution in [0.3, 0.4) is 0 Å². The van der Waals surface area contributed by atoms with Crippen molar-refractivity contribution in [3.05, 3.63) is 45.8 Å². The molecule has 0 aliphatic carbocycles. The average molecular weight is 343 g/mol. The summed E-state index contributed by atoms with van der Waals surface area (Å²) < 4.78 is 6.03. The van der Waals surface area contributed by atoms with Gasteiger partial charge in [-0.2, -0.15) is 0 Å². The van der Waals surface area contributed by atoms with Gasteiger partial charge in [0.15, 0.2) is 0 Å². The molecule has 19 heavy (non-hydrogen) atoms. The number of aromatic nitrogens is 2. The van der Waals surface area contributed by atoms with Crippen molar-refractivity contribution in [2.24, 2.45) is 0 Å². The number of ether oxygens (including phenoxy) is 1. The van der Waals surface area contributed by atoms with E-state index in [0.717, 1.165) is 17.1 Å². The predicted octanol–water partition coefficient (Wildman–Crippen LogP) is 3.54. The monoisotopic (exact) mass is 341 g/mol. The van der Waals surface area contributed by atoms with E-state index in [4.69, 9.17) is 16.3 Å². The first-order valence-electron chi connectivity index (χ1n) is 5.62. The first-order chi connectivity index (χ1) is 9.13. The van der Waals surface area contributed by atoms with E-state index in [2.05, 4.69) is 25.9 Å². The van der Waals surface area contributed by atoms with Crippen LogP contribution in [-0.4, -0.2) is 24.1 Å². The van der Waals surface area contributed by atoms with Crippen molar-refractivity contribution in [3.8, 4) is 5.75 Å². The number of hydrogen-bond acceptors (Lipinski definition) is 4. The Morgan fingerprint density at radius 3 is 2.79 bits per heavy atom. The molecule has 0 spiro atoms. The summed E-state index contributed by atoms with van der Waals surface area (Å²) in [6, 6.07) is 7.88. The Balaban J connectivity index is 2.26. The quantitative estimate of drug-likeness (QED) is 0.797. The van der Waals surface area contributed by atoms with Gasteiger partial charge in [0.05, 0.1) is 11.6 Å². The van der Waals surface area contributed by atoms with Crippen molar-refractivity contribution in [1.82, 2.24) is 9.97 Å². The number of hydrogen-bond donors (Lipinski definition) is 0. The highest BCUT2D eigenvalue weighted by atomic mass is 79.9. The minimum absolute atomic E-state index is 0.400. The molecule has 0 N–H and O–H groups in total. The first-order valence-corrected chi connectivity index (χ1v) is 6.79. The number of methoxy groups -OCH3 is 1. The second-order valence-corrected chi connectivity index (χ2v) is 5.12. The minimum Gasteiger partial charge on any atom is -0.496 e. The highest BCUT2D eigenvalue weighted by Crippen LogP contribution is 2.30. The van der Waals surface area contributed by atoms with Gasteiger partial charge < -0.3 is 9.64 Å². The lowest BCUT2D eigenvalue weighted by Gasteiger charge is -2.20. The molecule has 100 valence electrons. The van der Waals surface area contributed by atoms with Gasteiger partial charge in [-0.25, -0.2) is 9.97 Å². The molecule has 0 atom stereocenters. The van der Waals surface area contributed by atoms with Gasteiger partial charge >= 0.3 is 0 Å². The number of benzene rings is 1. The van der Waals surface area contributed by atoms with Crippen LogP contribution in [0.2, 0.25) is 5.15 Å². The zero-order valence-corrected chi connectivity index (χ0v) is 12.9. The van der Waals surface area contributed by atoms with E-state index in [1.54, 1.807) is 7.11 Å². The molecule has 1 aromatic heterocycles. The minimum atomic E-state index is 0.400. The molecule has 1 heterocycles. The maximum absolute atomic E-state index is 5.97. The molecule has 0 aliphatic heterocycles. The zero-order valence-electron chi connectivity index (χ0n) is 10.6. The van der Waals surface area contributed by atoms with Gasteiger partial charge in [0.2, 0.25) is 0 Å². The molecule has 0 unspecified atom stereocenters. The number of anilines is 1. The van der Waals surface area contributed by atoms with E-state index < -0.39 is 0 Å². The van der Waals surface area contributed by atoms with E-state index in [1.165, 1.54) is 6.33 Å². The average Bonchev–Trinajstić information content (AvgIpc) is 2.42. The predicted molar refractivity (Wildman–Crippen MR) is 79.8 cm³/mol. The lowest BCUT2D eigenvalue weighted by atomic mass is 10.2. The summed E-state index contributed by atoms with van der Waals surface area (Å²) in [4.78, 5) is 10.1. The van der Waals surface area contributed by atoms with Crippen molar-refractivity contribution in [2.75, 3.05) is 19.1 Å². The third-order valence-corrected chi connectivity index (χ3v) is 3.94. The first kappa shape index (κ1) is 14.1. The Bertz CT molecular complexity index is 580. The molecular weight excluding hydrogens is 330 g/mol. The summed E-state index contributed by atoms with van der Waals surface area (Å²) in [5, 5.41) is 0.400. The van der Waals surface area contributed by atoms with E-state index >= 15 is 0 Å². The number of rotatable bonds is 4. The lowest BCUT2D eigenvalue weighted by molar-refractivity contribution is 0.409. The standard InChI is InChI=1S/C13H13BrClN3O/c1-18(13-11(14)12(15)16-8-17-13)7-9-5-3-4-6-10(9)19-2/h3-6,8H,7H2,1-2H3. The van der Waals surface area contributed by atoms with Crippen LogP contribution < -0.4 is 9.64 Å². The SMILES string of the molecule is COc1ccccc1CN(C)c1ncnc(Cl)c1Br.